The van der Waals surface area contributed by atoms with Gasteiger partial charge in [0.15, 0.2) is 11.6 Å². The van der Waals surface area contributed by atoms with Crippen molar-refractivity contribution in [2.24, 2.45) is 0 Å². The normalized spacial score (nSPS) is 15.9. The van der Waals surface area contributed by atoms with Gasteiger partial charge in [0, 0.05) is 38.5 Å². The zero-order valence-corrected chi connectivity index (χ0v) is 14.4. The van der Waals surface area contributed by atoms with Crippen molar-refractivity contribution >= 4 is 34.8 Å². The Morgan fingerprint density at radius 3 is 1.91 bits per heavy atom. The minimum Gasteiger partial charge on any atom is -0.362 e. The maximum absolute atomic E-state index is 12.1. The predicted octanol–water partition coefficient (Wildman–Crippen LogP) is 4.41. The molecule has 1 heterocycles. The third kappa shape index (κ3) is 2.96. The van der Waals surface area contributed by atoms with Crippen molar-refractivity contribution < 1.29 is 9.59 Å². The molecule has 0 amide bonds. The number of dihydropyridines is 1. The number of ketones is 2. The third-order valence-corrected chi connectivity index (χ3v) is 4.35. The molecule has 0 saturated carbocycles. The highest BCUT2D eigenvalue weighted by molar-refractivity contribution is 6.35. The highest BCUT2D eigenvalue weighted by Crippen LogP contribution is 2.41. The van der Waals surface area contributed by atoms with Gasteiger partial charge in [-0.3, -0.25) is 9.59 Å². The molecule has 0 unspecified atom stereocenters. The van der Waals surface area contributed by atoms with Gasteiger partial charge < -0.3 is 5.32 Å². The van der Waals surface area contributed by atoms with E-state index in [0.717, 1.165) is 11.4 Å². The first kappa shape index (κ1) is 16.8. The summed E-state index contributed by atoms with van der Waals surface area (Å²) in [5.41, 5.74) is 3.30. The molecule has 0 saturated heterocycles. The number of nitrogens with one attached hydrogen (secondary N) is 1. The van der Waals surface area contributed by atoms with E-state index in [1.807, 2.05) is 13.8 Å². The van der Waals surface area contributed by atoms with Crippen molar-refractivity contribution in [2.75, 3.05) is 0 Å². The Labute approximate surface area is 140 Å². The van der Waals surface area contributed by atoms with Crippen LogP contribution in [0, 0.1) is 0 Å². The first-order valence-corrected chi connectivity index (χ1v) is 7.65. The summed E-state index contributed by atoms with van der Waals surface area (Å²) in [6, 6.07) is 5.11. The fourth-order valence-electron chi connectivity index (χ4n) is 2.97. The molecule has 0 aliphatic carbocycles. The summed E-state index contributed by atoms with van der Waals surface area (Å²) in [7, 11) is 0. The van der Waals surface area contributed by atoms with E-state index in [1.54, 1.807) is 18.2 Å². The number of rotatable bonds is 3. The topological polar surface area (TPSA) is 46.2 Å². The van der Waals surface area contributed by atoms with Gasteiger partial charge in [-0.05, 0) is 45.4 Å². The average Bonchev–Trinajstić information content (AvgIpc) is 2.36. The molecule has 22 heavy (non-hydrogen) atoms. The summed E-state index contributed by atoms with van der Waals surface area (Å²) >= 11 is 12.3. The molecule has 1 aromatic rings. The molecule has 1 N–H and O–H groups in total. The van der Waals surface area contributed by atoms with E-state index in [-0.39, 0.29) is 11.6 Å². The van der Waals surface area contributed by atoms with Gasteiger partial charge in [-0.15, -0.1) is 0 Å². The minimum atomic E-state index is -0.471. The lowest BCUT2D eigenvalue weighted by Gasteiger charge is -2.31. The fraction of sp³-hybridized carbons (Fsp3) is 0.294. The SMILES string of the molecule is CC(=O)C1=C(C)NC(C)=C(C(C)=O)C1c1ccc(Cl)cc1Cl. The van der Waals surface area contributed by atoms with Crippen LogP contribution in [-0.4, -0.2) is 11.6 Å². The zero-order chi connectivity index (χ0) is 16.6. The minimum absolute atomic E-state index is 0.0905. The van der Waals surface area contributed by atoms with Crippen LogP contribution in [0.25, 0.3) is 0 Å². The van der Waals surface area contributed by atoms with Crippen LogP contribution < -0.4 is 5.32 Å². The number of carbonyl (C=O) groups is 2. The van der Waals surface area contributed by atoms with Gasteiger partial charge in [0.05, 0.1) is 0 Å². The lowest BCUT2D eigenvalue weighted by atomic mass is 9.78. The molecule has 1 aliphatic heterocycles. The molecular formula is C17H17Cl2NO2. The Hall–Kier alpha value is -1.58. The highest BCUT2D eigenvalue weighted by atomic mass is 35.5. The molecule has 0 fully saturated rings. The number of Topliss-reactive ketones (excluding diaryl/α,β-unsaturated/α-hetero) is 2. The highest BCUT2D eigenvalue weighted by Gasteiger charge is 2.34. The average molecular weight is 338 g/mol. The molecule has 0 atom stereocenters. The van der Waals surface area contributed by atoms with E-state index in [1.165, 1.54) is 13.8 Å². The van der Waals surface area contributed by atoms with Crippen LogP contribution in [0.5, 0.6) is 0 Å². The summed E-state index contributed by atoms with van der Waals surface area (Å²) < 4.78 is 0. The largest absolute Gasteiger partial charge is 0.362 e. The number of carbonyl (C=O) groups excluding carboxylic acids is 2. The molecule has 0 radical (unpaired) electrons. The summed E-state index contributed by atoms with van der Waals surface area (Å²) in [4.78, 5) is 24.3. The Kier molecular flexibility index (Phi) is 4.78. The summed E-state index contributed by atoms with van der Waals surface area (Å²) in [5.74, 6) is -0.652. The van der Waals surface area contributed by atoms with Crippen molar-refractivity contribution in [3.05, 3.63) is 56.3 Å². The summed E-state index contributed by atoms with van der Waals surface area (Å²) in [6.07, 6.45) is 0. The van der Waals surface area contributed by atoms with E-state index in [0.29, 0.717) is 26.8 Å². The standard InChI is InChI=1S/C17H17Cl2NO2/c1-8-15(10(3)21)17(16(11(4)22)9(2)20-8)13-6-5-12(18)7-14(13)19/h5-7,17,20H,1-4H3. The number of allylic oxidation sites excluding steroid dienone is 4. The molecule has 0 bridgehead atoms. The number of benzene rings is 1. The van der Waals surface area contributed by atoms with Gasteiger partial charge >= 0.3 is 0 Å². The van der Waals surface area contributed by atoms with Crippen LogP contribution in [0.15, 0.2) is 40.7 Å². The number of hydrogen-bond acceptors (Lipinski definition) is 3. The van der Waals surface area contributed by atoms with Gasteiger partial charge in [0.25, 0.3) is 0 Å². The van der Waals surface area contributed by atoms with Crippen molar-refractivity contribution in [1.82, 2.24) is 5.32 Å². The maximum Gasteiger partial charge on any atom is 0.158 e. The van der Waals surface area contributed by atoms with Gasteiger partial charge in [-0.1, -0.05) is 29.3 Å². The number of hydrogen-bond donors (Lipinski definition) is 1. The molecular weight excluding hydrogens is 321 g/mol. The second kappa shape index (κ2) is 6.27. The van der Waals surface area contributed by atoms with Crippen LogP contribution in [0.1, 0.15) is 39.2 Å². The predicted molar refractivity (Wildman–Crippen MR) is 89.1 cm³/mol. The first-order chi connectivity index (χ1) is 10.2. The quantitative estimate of drug-likeness (QED) is 0.888. The van der Waals surface area contributed by atoms with Crippen LogP contribution in [-0.2, 0) is 9.59 Å². The van der Waals surface area contributed by atoms with Crippen molar-refractivity contribution in [3.8, 4) is 0 Å². The molecule has 1 aliphatic rings. The van der Waals surface area contributed by atoms with E-state index < -0.39 is 5.92 Å². The smallest absolute Gasteiger partial charge is 0.158 e. The monoisotopic (exact) mass is 337 g/mol. The molecule has 2 rings (SSSR count). The van der Waals surface area contributed by atoms with Crippen LogP contribution >= 0.6 is 23.2 Å². The van der Waals surface area contributed by atoms with E-state index >= 15 is 0 Å². The molecule has 5 heteroatoms. The Bertz CT molecular complexity index is 696. The van der Waals surface area contributed by atoms with Crippen molar-refractivity contribution in [3.63, 3.8) is 0 Å². The fourth-order valence-corrected chi connectivity index (χ4v) is 3.49. The van der Waals surface area contributed by atoms with Crippen LogP contribution in [0.4, 0.5) is 0 Å². The summed E-state index contributed by atoms with van der Waals surface area (Å²) in [6.45, 7) is 6.65. The van der Waals surface area contributed by atoms with Gasteiger partial charge in [-0.25, -0.2) is 0 Å². The lowest BCUT2D eigenvalue weighted by molar-refractivity contribution is -0.114. The second-order valence-corrected chi connectivity index (χ2v) is 6.26. The number of halogens is 2. The Morgan fingerprint density at radius 1 is 1.00 bits per heavy atom. The zero-order valence-electron chi connectivity index (χ0n) is 12.9. The van der Waals surface area contributed by atoms with Gasteiger partial charge in [-0.2, -0.15) is 0 Å². The van der Waals surface area contributed by atoms with Gasteiger partial charge in [0.2, 0.25) is 0 Å². The maximum atomic E-state index is 12.1. The molecule has 0 aromatic heterocycles. The molecule has 1 aromatic carbocycles. The molecule has 3 nitrogen and oxygen atoms in total. The lowest BCUT2D eigenvalue weighted by Crippen LogP contribution is -2.29. The van der Waals surface area contributed by atoms with Crippen LogP contribution in [0.2, 0.25) is 10.0 Å². The first-order valence-electron chi connectivity index (χ1n) is 6.89. The van der Waals surface area contributed by atoms with Crippen molar-refractivity contribution in [2.45, 2.75) is 33.6 Å². The molecule has 116 valence electrons. The van der Waals surface area contributed by atoms with Crippen molar-refractivity contribution in [1.29, 1.82) is 0 Å². The third-order valence-electron chi connectivity index (χ3n) is 3.79. The second-order valence-electron chi connectivity index (χ2n) is 5.41. The molecule has 0 spiro atoms. The Balaban J connectivity index is 2.75. The van der Waals surface area contributed by atoms with Gasteiger partial charge in [0.1, 0.15) is 0 Å². The summed E-state index contributed by atoms with van der Waals surface area (Å²) in [5, 5.41) is 4.08. The van der Waals surface area contributed by atoms with E-state index in [4.69, 9.17) is 23.2 Å². The van der Waals surface area contributed by atoms with E-state index in [2.05, 4.69) is 5.32 Å². The Morgan fingerprint density at radius 2 is 1.50 bits per heavy atom. The van der Waals surface area contributed by atoms with Crippen LogP contribution in [0.3, 0.4) is 0 Å². The van der Waals surface area contributed by atoms with E-state index in [9.17, 15) is 9.59 Å².